The van der Waals surface area contributed by atoms with E-state index in [-0.39, 0.29) is 18.0 Å². The number of hydrogen-bond donors (Lipinski definition) is 1. The first kappa shape index (κ1) is 16.5. The molecule has 0 aliphatic rings. The highest BCUT2D eigenvalue weighted by Crippen LogP contribution is 2.20. The molecule has 0 saturated carbocycles. The van der Waals surface area contributed by atoms with Gasteiger partial charge in [0.1, 0.15) is 5.75 Å². The van der Waals surface area contributed by atoms with E-state index < -0.39 is 0 Å². The van der Waals surface area contributed by atoms with E-state index in [9.17, 15) is 0 Å². The third kappa shape index (κ3) is 4.07. The summed E-state index contributed by atoms with van der Waals surface area (Å²) in [6.07, 6.45) is 0.875. The zero-order valence-corrected chi connectivity index (χ0v) is 14.0. The standard InChI is InChI=1S/C17H25N3O2/c1-11(2)16-19-17(22-20-16)13(4)18-12(3)10-14-8-6-7-9-15(14)21-5/h6-9,11-13,18H,10H2,1-5H3/t12-,13+/m0/s1. The molecule has 2 atom stereocenters. The Labute approximate surface area is 132 Å². The molecule has 0 saturated heterocycles. The Morgan fingerprint density at radius 1 is 1.18 bits per heavy atom. The monoisotopic (exact) mass is 303 g/mol. The molecule has 0 unspecified atom stereocenters. The molecule has 1 aromatic heterocycles. The van der Waals surface area contributed by atoms with Gasteiger partial charge in [-0.25, -0.2) is 0 Å². The molecular weight excluding hydrogens is 278 g/mol. The summed E-state index contributed by atoms with van der Waals surface area (Å²) in [6, 6.07) is 8.37. The Morgan fingerprint density at radius 2 is 1.91 bits per heavy atom. The van der Waals surface area contributed by atoms with E-state index in [1.54, 1.807) is 7.11 Å². The van der Waals surface area contributed by atoms with Gasteiger partial charge in [-0.05, 0) is 31.9 Å². The van der Waals surface area contributed by atoms with Gasteiger partial charge in [-0.1, -0.05) is 37.2 Å². The van der Waals surface area contributed by atoms with Crippen molar-refractivity contribution < 1.29 is 9.26 Å². The van der Waals surface area contributed by atoms with Gasteiger partial charge in [0, 0.05) is 12.0 Å². The summed E-state index contributed by atoms with van der Waals surface area (Å²) < 4.78 is 10.7. The van der Waals surface area contributed by atoms with Crippen LogP contribution < -0.4 is 10.1 Å². The highest BCUT2D eigenvalue weighted by atomic mass is 16.5. The van der Waals surface area contributed by atoms with Crippen molar-refractivity contribution in [1.82, 2.24) is 15.5 Å². The third-order valence-electron chi connectivity index (χ3n) is 3.60. The van der Waals surface area contributed by atoms with Crippen LogP contribution in [0.25, 0.3) is 0 Å². The van der Waals surface area contributed by atoms with Crippen molar-refractivity contribution in [2.24, 2.45) is 0 Å². The minimum Gasteiger partial charge on any atom is -0.496 e. The van der Waals surface area contributed by atoms with E-state index in [0.29, 0.717) is 5.89 Å². The first-order chi connectivity index (χ1) is 10.5. The minimum absolute atomic E-state index is 0.0182. The molecule has 0 bridgehead atoms. The van der Waals surface area contributed by atoms with E-state index in [2.05, 4.69) is 42.3 Å². The summed E-state index contributed by atoms with van der Waals surface area (Å²) >= 11 is 0. The summed E-state index contributed by atoms with van der Waals surface area (Å²) in [5.74, 6) is 2.58. The molecule has 1 heterocycles. The van der Waals surface area contributed by atoms with E-state index in [0.717, 1.165) is 18.0 Å². The number of nitrogens with zero attached hydrogens (tertiary/aromatic N) is 2. The minimum atomic E-state index is 0.0182. The topological polar surface area (TPSA) is 60.2 Å². The van der Waals surface area contributed by atoms with Crippen LogP contribution in [0.3, 0.4) is 0 Å². The summed E-state index contributed by atoms with van der Waals surface area (Å²) in [5, 5.41) is 7.51. The highest BCUT2D eigenvalue weighted by Gasteiger charge is 2.18. The summed E-state index contributed by atoms with van der Waals surface area (Å²) in [7, 11) is 1.70. The molecular formula is C17H25N3O2. The number of ether oxygens (including phenoxy) is 1. The molecule has 2 aromatic rings. The highest BCUT2D eigenvalue weighted by molar-refractivity contribution is 5.33. The second-order valence-electron chi connectivity index (χ2n) is 5.95. The molecule has 5 heteroatoms. The summed E-state index contributed by atoms with van der Waals surface area (Å²) in [5.41, 5.74) is 1.19. The Bertz CT molecular complexity index is 595. The van der Waals surface area contributed by atoms with Crippen LogP contribution >= 0.6 is 0 Å². The summed E-state index contributed by atoms with van der Waals surface area (Å²) in [4.78, 5) is 4.44. The van der Waals surface area contributed by atoms with Crippen LogP contribution in [-0.4, -0.2) is 23.3 Å². The van der Waals surface area contributed by atoms with Gasteiger partial charge in [-0.2, -0.15) is 4.98 Å². The van der Waals surface area contributed by atoms with Gasteiger partial charge < -0.3 is 14.6 Å². The largest absolute Gasteiger partial charge is 0.496 e. The average molecular weight is 303 g/mol. The Kier molecular flexibility index (Phi) is 5.55. The van der Waals surface area contributed by atoms with Crippen LogP contribution in [0.5, 0.6) is 5.75 Å². The van der Waals surface area contributed by atoms with Gasteiger partial charge in [0.2, 0.25) is 5.89 Å². The molecule has 120 valence electrons. The smallest absolute Gasteiger partial charge is 0.243 e. The van der Waals surface area contributed by atoms with Crippen LogP contribution in [0, 0.1) is 0 Å². The maximum Gasteiger partial charge on any atom is 0.243 e. The molecule has 0 fully saturated rings. The van der Waals surface area contributed by atoms with E-state index in [1.807, 2.05) is 25.1 Å². The van der Waals surface area contributed by atoms with Gasteiger partial charge in [0.25, 0.3) is 0 Å². The zero-order chi connectivity index (χ0) is 16.1. The van der Waals surface area contributed by atoms with Crippen molar-refractivity contribution in [3.05, 3.63) is 41.5 Å². The molecule has 5 nitrogen and oxygen atoms in total. The van der Waals surface area contributed by atoms with Crippen LogP contribution in [-0.2, 0) is 6.42 Å². The first-order valence-electron chi connectivity index (χ1n) is 7.72. The molecule has 0 radical (unpaired) electrons. The Hall–Kier alpha value is -1.88. The zero-order valence-electron chi connectivity index (χ0n) is 14.0. The van der Waals surface area contributed by atoms with Crippen molar-refractivity contribution in [1.29, 1.82) is 0 Å². The number of para-hydroxylation sites is 1. The van der Waals surface area contributed by atoms with E-state index in [4.69, 9.17) is 9.26 Å². The molecule has 0 aliphatic heterocycles. The van der Waals surface area contributed by atoms with Gasteiger partial charge >= 0.3 is 0 Å². The lowest BCUT2D eigenvalue weighted by atomic mass is 10.1. The fourth-order valence-electron chi connectivity index (χ4n) is 2.42. The molecule has 2 rings (SSSR count). The van der Waals surface area contributed by atoms with Gasteiger partial charge in [-0.15, -0.1) is 0 Å². The Balaban J connectivity index is 1.97. The van der Waals surface area contributed by atoms with Crippen LogP contribution in [0.2, 0.25) is 0 Å². The predicted octanol–water partition coefficient (Wildman–Crippen LogP) is 3.48. The van der Waals surface area contributed by atoms with Crippen LogP contribution in [0.1, 0.15) is 56.9 Å². The number of aromatic nitrogens is 2. The SMILES string of the molecule is COc1ccccc1C[C@H](C)N[C@H](C)c1nc(C(C)C)no1. The first-order valence-corrected chi connectivity index (χ1v) is 7.72. The van der Waals surface area contributed by atoms with Crippen molar-refractivity contribution in [2.45, 2.75) is 52.1 Å². The Morgan fingerprint density at radius 3 is 2.55 bits per heavy atom. The van der Waals surface area contributed by atoms with Gasteiger partial charge in [-0.3, -0.25) is 0 Å². The molecule has 22 heavy (non-hydrogen) atoms. The molecule has 1 aromatic carbocycles. The van der Waals surface area contributed by atoms with Crippen LogP contribution in [0.4, 0.5) is 0 Å². The second kappa shape index (κ2) is 7.40. The molecule has 0 spiro atoms. The van der Waals surface area contributed by atoms with Crippen molar-refractivity contribution in [2.75, 3.05) is 7.11 Å². The van der Waals surface area contributed by atoms with Crippen molar-refractivity contribution in [3.63, 3.8) is 0 Å². The molecule has 0 amide bonds. The molecule has 0 aliphatic carbocycles. The number of benzene rings is 1. The lowest BCUT2D eigenvalue weighted by Crippen LogP contribution is -2.31. The predicted molar refractivity (Wildman–Crippen MR) is 86.1 cm³/mol. The normalized spacial score (nSPS) is 14.1. The fraction of sp³-hybridized carbons (Fsp3) is 0.529. The number of rotatable bonds is 7. The second-order valence-corrected chi connectivity index (χ2v) is 5.95. The fourth-order valence-corrected chi connectivity index (χ4v) is 2.42. The number of nitrogens with one attached hydrogen (secondary N) is 1. The van der Waals surface area contributed by atoms with Crippen LogP contribution in [0.15, 0.2) is 28.8 Å². The van der Waals surface area contributed by atoms with E-state index >= 15 is 0 Å². The maximum absolute atomic E-state index is 5.40. The van der Waals surface area contributed by atoms with E-state index in [1.165, 1.54) is 5.56 Å². The average Bonchev–Trinajstić information content (AvgIpc) is 2.98. The van der Waals surface area contributed by atoms with Crippen molar-refractivity contribution in [3.8, 4) is 5.75 Å². The van der Waals surface area contributed by atoms with Crippen molar-refractivity contribution >= 4 is 0 Å². The number of methoxy groups -OCH3 is 1. The lowest BCUT2D eigenvalue weighted by Gasteiger charge is -2.18. The third-order valence-corrected chi connectivity index (χ3v) is 3.60. The lowest BCUT2D eigenvalue weighted by molar-refractivity contribution is 0.322. The molecule has 1 N–H and O–H groups in total. The van der Waals surface area contributed by atoms with Gasteiger partial charge in [0.15, 0.2) is 5.82 Å². The van der Waals surface area contributed by atoms with Gasteiger partial charge in [0.05, 0.1) is 13.2 Å². The summed E-state index contributed by atoms with van der Waals surface area (Å²) in [6.45, 7) is 8.28. The number of hydrogen-bond acceptors (Lipinski definition) is 5. The maximum atomic E-state index is 5.40. The quantitative estimate of drug-likeness (QED) is 0.848.